The molecule has 2 aliphatic heterocycles. The number of aliphatic hydroxyl groups is 6. The third-order valence-corrected chi connectivity index (χ3v) is 4.70. The Labute approximate surface area is 143 Å². The smallest absolute Gasteiger partial charge is 0.187 e. The first-order valence-electron chi connectivity index (χ1n) is 7.08. The van der Waals surface area contributed by atoms with Crippen LogP contribution in [0.1, 0.15) is 0 Å². The van der Waals surface area contributed by atoms with E-state index in [9.17, 15) is 30.6 Å². The summed E-state index contributed by atoms with van der Waals surface area (Å²) in [5.41, 5.74) is 0. The summed E-state index contributed by atoms with van der Waals surface area (Å²) in [6, 6.07) is 0. The average Bonchev–Trinajstić information content (AvgIpc) is 2.55. The number of rotatable bonds is 4. The molecule has 0 amide bonds. The maximum Gasteiger partial charge on any atom is 0.187 e. The fourth-order valence-corrected chi connectivity index (χ4v) is 3.17. The van der Waals surface area contributed by atoms with Crippen molar-refractivity contribution >= 4 is 25.3 Å². The summed E-state index contributed by atoms with van der Waals surface area (Å²) in [6.07, 6.45) is -13.5. The first kappa shape index (κ1) is 19.7. The third-order valence-electron chi connectivity index (χ3n) is 3.98. The van der Waals surface area contributed by atoms with Gasteiger partial charge in [-0.1, -0.05) is 0 Å². The molecule has 0 spiro atoms. The Balaban J connectivity index is 2.11. The standard InChI is InChI=1S/C12H22O9S2/c13-5-3(1-22)20-12(9(17)6(5)14)21-10-4(2-23)19-11(18)8(16)7(10)15/h3-18,22-23H,1-2H2/t3?,4?,5-,6?,7?,8+,9+,10-,11-,12+/m1/s1. The van der Waals surface area contributed by atoms with Gasteiger partial charge >= 0.3 is 0 Å². The number of aliphatic hydroxyl groups excluding tert-OH is 6. The van der Waals surface area contributed by atoms with E-state index in [2.05, 4.69) is 25.3 Å². The van der Waals surface area contributed by atoms with Crippen LogP contribution in [0, 0.1) is 0 Å². The van der Waals surface area contributed by atoms with Gasteiger partial charge in [-0.2, -0.15) is 25.3 Å². The van der Waals surface area contributed by atoms with Crippen molar-refractivity contribution in [2.24, 2.45) is 0 Å². The van der Waals surface area contributed by atoms with Gasteiger partial charge in [0, 0.05) is 11.5 Å². The summed E-state index contributed by atoms with van der Waals surface area (Å²) >= 11 is 8.02. The Hall–Kier alpha value is 0.340. The molecule has 0 bridgehead atoms. The van der Waals surface area contributed by atoms with Crippen LogP contribution in [0.15, 0.2) is 0 Å². The van der Waals surface area contributed by atoms with E-state index in [0.717, 1.165) is 0 Å². The van der Waals surface area contributed by atoms with Gasteiger partial charge in [-0.25, -0.2) is 0 Å². The lowest BCUT2D eigenvalue weighted by molar-refractivity contribution is -0.346. The highest BCUT2D eigenvalue weighted by Gasteiger charge is 2.49. The minimum absolute atomic E-state index is 0.0511. The highest BCUT2D eigenvalue weighted by Crippen LogP contribution is 2.29. The van der Waals surface area contributed by atoms with E-state index < -0.39 is 61.4 Å². The van der Waals surface area contributed by atoms with Crippen LogP contribution in [-0.2, 0) is 14.2 Å². The topological polar surface area (TPSA) is 149 Å². The minimum atomic E-state index is -1.62. The van der Waals surface area contributed by atoms with E-state index in [4.69, 9.17) is 14.2 Å². The fraction of sp³-hybridized carbons (Fsp3) is 1.00. The van der Waals surface area contributed by atoms with E-state index >= 15 is 0 Å². The Morgan fingerprint density at radius 2 is 1.30 bits per heavy atom. The number of thiol groups is 2. The predicted octanol–water partition coefficient (Wildman–Crippen LogP) is -3.52. The highest BCUT2D eigenvalue weighted by molar-refractivity contribution is 7.80. The molecule has 0 radical (unpaired) electrons. The van der Waals surface area contributed by atoms with Crippen LogP contribution in [0.2, 0.25) is 0 Å². The second-order valence-electron chi connectivity index (χ2n) is 5.53. The van der Waals surface area contributed by atoms with Crippen molar-refractivity contribution in [3.8, 4) is 0 Å². The van der Waals surface area contributed by atoms with Crippen molar-refractivity contribution < 1.29 is 44.8 Å². The molecule has 2 heterocycles. The molecule has 4 unspecified atom stereocenters. The Kier molecular flexibility index (Phi) is 6.96. The molecule has 0 aromatic carbocycles. The molecule has 23 heavy (non-hydrogen) atoms. The fourth-order valence-electron chi connectivity index (χ4n) is 2.57. The minimum Gasteiger partial charge on any atom is -0.388 e. The predicted molar refractivity (Wildman–Crippen MR) is 82.2 cm³/mol. The highest BCUT2D eigenvalue weighted by atomic mass is 32.1. The largest absolute Gasteiger partial charge is 0.388 e. The molecule has 0 aromatic rings. The van der Waals surface area contributed by atoms with Crippen LogP contribution < -0.4 is 0 Å². The van der Waals surface area contributed by atoms with Gasteiger partial charge in [0.05, 0.1) is 12.2 Å². The first-order chi connectivity index (χ1) is 10.8. The van der Waals surface area contributed by atoms with Gasteiger partial charge in [0.2, 0.25) is 0 Å². The van der Waals surface area contributed by atoms with Gasteiger partial charge in [0.25, 0.3) is 0 Å². The van der Waals surface area contributed by atoms with Gasteiger partial charge in [0.1, 0.15) is 36.6 Å². The van der Waals surface area contributed by atoms with Crippen LogP contribution >= 0.6 is 25.3 Å². The third kappa shape index (κ3) is 3.96. The van der Waals surface area contributed by atoms with Crippen molar-refractivity contribution in [2.45, 2.75) is 61.4 Å². The van der Waals surface area contributed by atoms with Crippen molar-refractivity contribution in [3.05, 3.63) is 0 Å². The summed E-state index contributed by atoms with van der Waals surface area (Å²) in [5, 5.41) is 58.8. The Morgan fingerprint density at radius 1 is 0.696 bits per heavy atom. The second kappa shape index (κ2) is 8.15. The van der Waals surface area contributed by atoms with E-state index in [1.807, 2.05) is 0 Å². The molecule has 0 aromatic heterocycles. The van der Waals surface area contributed by atoms with E-state index in [1.165, 1.54) is 0 Å². The summed E-state index contributed by atoms with van der Waals surface area (Å²) < 4.78 is 15.9. The Morgan fingerprint density at radius 3 is 1.87 bits per heavy atom. The van der Waals surface area contributed by atoms with Crippen LogP contribution in [0.4, 0.5) is 0 Å². The van der Waals surface area contributed by atoms with Crippen LogP contribution in [0.3, 0.4) is 0 Å². The molecule has 136 valence electrons. The maximum absolute atomic E-state index is 10.1. The molecule has 11 heteroatoms. The van der Waals surface area contributed by atoms with Gasteiger partial charge < -0.3 is 44.8 Å². The first-order valence-corrected chi connectivity index (χ1v) is 8.34. The van der Waals surface area contributed by atoms with Crippen molar-refractivity contribution in [1.82, 2.24) is 0 Å². The summed E-state index contributed by atoms with van der Waals surface area (Å²) in [7, 11) is 0. The SMILES string of the molecule is OC1[C@H](O)C(CS)O[C@@H](O[C@@H]2C(CS)O[C@@H](O)[C@@H](O)C2O)[C@H]1O. The molecular formula is C12H22O9S2. The monoisotopic (exact) mass is 374 g/mol. The molecule has 6 N–H and O–H groups in total. The zero-order valence-electron chi connectivity index (χ0n) is 12.0. The van der Waals surface area contributed by atoms with Crippen LogP contribution in [0.25, 0.3) is 0 Å². The lowest BCUT2D eigenvalue weighted by Gasteiger charge is -2.45. The van der Waals surface area contributed by atoms with E-state index in [-0.39, 0.29) is 11.5 Å². The lowest BCUT2D eigenvalue weighted by Crippen LogP contribution is -2.64. The molecule has 2 saturated heterocycles. The Bertz CT molecular complexity index is 386. The second-order valence-corrected chi connectivity index (χ2v) is 6.26. The summed E-state index contributed by atoms with van der Waals surface area (Å²) in [6.45, 7) is 0. The molecule has 2 aliphatic rings. The van der Waals surface area contributed by atoms with E-state index in [1.54, 1.807) is 0 Å². The zero-order valence-corrected chi connectivity index (χ0v) is 13.8. The molecule has 9 nitrogen and oxygen atoms in total. The van der Waals surface area contributed by atoms with Crippen LogP contribution in [0.5, 0.6) is 0 Å². The molecular weight excluding hydrogens is 352 g/mol. The lowest BCUT2D eigenvalue weighted by atomic mass is 9.97. The van der Waals surface area contributed by atoms with Gasteiger partial charge in [0.15, 0.2) is 12.6 Å². The quantitative estimate of drug-likeness (QED) is 0.234. The maximum atomic E-state index is 10.1. The molecule has 0 aliphatic carbocycles. The summed E-state index contributed by atoms with van der Waals surface area (Å²) in [5.74, 6) is 0.112. The van der Waals surface area contributed by atoms with Crippen molar-refractivity contribution in [2.75, 3.05) is 11.5 Å². The van der Waals surface area contributed by atoms with E-state index in [0.29, 0.717) is 0 Å². The zero-order chi connectivity index (χ0) is 17.3. The van der Waals surface area contributed by atoms with Crippen LogP contribution in [-0.4, -0.2) is 104 Å². The number of hydrogen-bond donors (Lipinski definition) is 8. The van der Waals surface area contributed by atoms with Crippen molar-refractivity contribution in [1.29, 1.82) is 0 Å². The average molecular weight is 374 g/mol. The van der Waals surface area contributed by atoms with Crippen molar-refractivity contribution in [3.63, 3.8) is 0 Å². The van der Waals surface area contributed by atoms with Gasteiger partial charge in [-0.05, 0) is 0 Å². The molecule has 0 saturated carbocycles. The van der Waals surface area contributed by atoms with Gasteiger partial charge in [-0.15, -0.1) is 0 Å². The molecule has 10 atom stereocenters. The molecule has 2 fully saturated rings. The summed E-state index contributed by atoms with van der Waals surface area (Å²) in [4.78, 5) is 0. The number of ether oxygens (including phenoxy) is 3. The molecule has 2 rings (SSSR count). The normalized spacial score (nSPS) is 51.7. The van der Waals surface area contributed by atoms with Gasteiger partial charge in [-0.3, -0.25) is 0 Å². The number of hydrogen-bond acceptors (Lipinski definition) is 11.